The van der Waals surface area contributed by atoms with Gasteiger partial charge in [-0.1, -0.05) is 54.6 Å². The monoisotopic (exact) mass is 466 g/mol. The largest absolute Gasteiger partial charge is 0.478 e. The predicted molar refractivity (Wildman–Crippen MR) is 127 cm³/mol. The average Bonchev–Trinajstić information content (AvgIpc) is 3.11. The Kier molecular flexibility index (Phi) is 8.07. The number of carbonyl (C=O) groups excluding carboxylic acids is 2. The number of ether oxygens (including phenoxy) is 2. The predicted octanol–water partition coefficient (Wildman–Crippen LogP) is 3.47. The molecule has 1 atom stereocenters. The summed E-state index contributed by atoms with van der Waals surface area (Å²) in [5.74, 6) is -1.72. The first-order valence-corrected chi connectivity index (χ1v) is 11.1. The van der Waals surface area contributed by atoms with Gasteiger partial charge in [0.15, 0.2) is 0 Å². The van der Waals surface area contributed by atoms with Crippen LogP contribution in [0, 0.1) is 0 Å². The molecule has 0 fully saturated rings. The number of hydrogen-bond acceptors (Lipinski definition) is 5. The van der Waals surface area contributed by atoms with Gasteiger partial charge in [-0.15, -0.1) is 0 Å². The third-order valence-electron chi connectivity index (χ3n) is 5.29. The first-order chi connectivity index (χ1) is 16.2. The quantitative estimate of drug-likeness (QED) is 0.488. The Morgan fingerprint density at radius 3 is 2.18 bits per heavy atom. The van der Waals surface area contributed by atoms with Crippen molar-refractivity contribution in [1.29, 1.82) is 0 Å². The number of amides is 2. The second kappa shape index (κ2) is 11.0. The van der Waals surface area contributed by atoms with E-state index in [1.165, 1.54) is 6.08 Å². The van der Waals surface area contributed by atoms with E-state index in [0.717, 1.165) is 28.3 Å². The van der Waals surface area contributed by atoms with E-state index in [4.69, 9.17) is 14.6 Å². The summed E-state index contributed by atoms with van der Waals surface area (Å²) in [5, 5.41) is 13.8. The molecule has 0 heterocycles. The Hall–Kier alpha value is -3.65. The number of aliphatic carboxylic acids is 1. The third-order valence-corrected chi connectivity index (χ3v) is 5.29. The lowest BCUT2D eigenvalue weighted by molar-refractivity contribution is -0.131. The van der Waals surface area contributed by atoms with E-state index < -0.39 is 29.6 Å². The Bertz CT molecular complexity index is 1030. The lowest BCUT2D eigenvalue weighted by Gasteiger charge is -2.24. The molecule has 0 saturated heterocycles. The number of fused-ring (bicyclic) bond motifs is 3. The van der Waals surface area contributed by atoms with E-state index in [-0.39, 0.29) is 25.7 Å². The maximum absolute atomic E-state index is 12.6. The minimum absolute atomic E-state index is 0.00349. The van der Waals surface area contributed by atoms with E-state index in [1.54, 1.807) is 0 Å². The molecule has 0 spiro atoms. The molecule has 2 aromatic carbocycles. The number of nitrogens with one attached hydrogen (secondary N) is 2. The van der Waals surface area contributed by atoms with E-state index in [0.29, 0.717) is 0 Å². The molecular formula is C26H30N2O6. The highest BCUT2D eigenvalue weighted by atomic mass is 16.5. The van der Waals surface area contributed by atoms with Crippen LogP contribution in [0.15, 0.2) is 60.7 Å². The lowest BCUT2D eigenvalue weighted by atomic mass is 9.98. The molecule has 2 aromatic rings. The van der Waals surface area contributed by atoms with Gasteiger partial charge in [0.05, 0.1) is 12.2 Å². The van der Waals surface area contributed by atoms with Gasteiger partial charge in [0, 0.05) is 18.5 Å². The zero-order valence-electron chi connectivity index (χ0n) is 19.5. The molecule has 1 aliphatic rings. The zero-order valence-corrected chi connectivity index (χ0v) is 19.5. The molecule has 3 rings (SSSR count). The van der Waals surface area contributed by atoms with Gasteiger partial charge >= 0.3 is 12.1 Å². The van der Waals surface area contributed by atoms with Crippen molar-refractivity contribution in [3.8, 4) is 11.1 Å². The summed E-state index contributed by atoms with van der Waals surface area (Å²) in [6.45, 7) is 5.57. The first kappa shape index (κ1) is 25.0. The smallest absolute Gasteiger partial charge is 0.407 e. The van der Waals surface area contributed by atoms with Crippen molar-refractivity contribution in [1.82, 2.24) is 10.6 Å². The van der Waals surface area contributed by atoms with Crippen molar-refractivity contribution in [2.24, 2.45) is 0 Å². The van der Waals surface area contributed by atoms with E-state index in [2.05, 4.69) is 22.8 Å². The van der Waals surface area contributed by atoms with Crippen LogP contribution in [-0.2, 0) is 19.1 Å². The molecule has 0 aliphatic heterocycles. The molecule has 8 heteroatoms. The van der Waals surface area contributed by atoms with Crippen molar-refractivity contribution in [3.05, 3.63) is 71.8 Å². The van der Waals surface area contributed by atoms with Crippen LogP contribution in [0.4, 0.5) is 4.79 Å². The van der Waals surface area contributed by atoms with Crippen LogP contribution in [0.3, 0.4) is 0 Å². The van der Waals surface area contributed by atoms with Gasteiger partial charge < -0.3 is 25.2 Å². The molecule has 0 bridgehead atoms. The van der Waals surface area contributed by atoms with Crippen molar-refractivity contribution >= 4 is 18.0 Å². The number of rotatable bonds is 9. The average molecular weight is 467 g/mol. The zero-order chi connectivity index (χ0) is 24.7. The summed E-state index contributed by atoms with van der Waals surface area (Å²) in [7, 11) is 0. The maximum Gasteiger partial charge on any atom is 0.407 e. The van der Waals surface area contributed by atoms with Crippen LogP contribution in [0.2, 0.25) is 0 Å². The lowest BCUT2D eigenvalue weighted by Crippen LogP contribution is -2.50. The maximum atomic E-state index is 12.6. The van der Waals surface area contributed by atoms with Crippen molar-refractivity contribution < 1.29 is 29.0 Å². The van der Waals surface area contributed by atoms with Crippen LogP contribution >= 0.6 is 0 Å². The summed E-state index contributed by atoms with van der Waals surface area (Å²) in [4.78, 5) is 35.8. The molecule has 1 aliphatic carbocycles. The topological polar surface area (TPSA) is 114 Å². The van der Waals surface area contributed by atoms with Gasteiger partial charge in [-0.05, 0) is 43.0 Å². The summed E-state index contributed by atoms with van der Waals surface area (Å²) in [5.41, 5.74) is 3.90. The highest BCUT2D eigenvalue weighted by molar-refractivity contribution is 5.86. The SMILES string of the molecule is CC(C)(C)OC[C@H](NC(=O)OCC1c2ccccc2-c2ccccc21)C(=O)NC/C=C/C(=O)O. The number of carboxylic acid groups (broad SMARTS) is 1. The van der Waals surface area contributed by atoms with Gasteiger partial charge in [-0.25, -0.2) is 9.59 Å². The van der Waals surface area contributed by atoms with Crippen LogP contribution in [0.5, 0.6) is 0 Å². The first-order valence-electron chi connectivity index (χ1n) is 11.1. The highest BCUT2D eigenvalue weighted by Gasteiger charge is 2.30. The molecule has 180 valence electrons. The minimum atomic E-state index is -1.11. The Morgan fingerprint density at radius 2 is 1.62 bits per heavy atom. The van der Waals surface area contributed by atoms with Crippen LogP contribution in [0.1, 0.15) is 37.8 Å². The fraction of sp³-hybridized carbons (Fsp3) is 0.346. The molecule has 3 N–H and O–H groups in total. The van der Waals surface area contributed by atoms with Gasteiger partial charge in [0.1, 0.15) is 12.6 Å². The van der Waals surface area contributed by atoms with Crippen molar-refractivity contribution in [3.63, 3.8) is 0 Å². The fourth-order valence-electron chi connectivity index (χ4n) is 3.74. The van der Waals surface area contributed by atoms with Gasteiger partial charge in [0.2, 0.25) is 5.91 Å². The molecule has 8 nitrogen and oxygen atoms in total. The summed E-state index contributed by atoms with van der Waals surface area (Å²) >= 11 is 0. The molecule has 34 heavy (non-hydrogen) atoms. The summed E-state index contributed by atoms with van der Waals surface area (Å²) < 4.78 is 11.2. The van der Waals surface area contributed by atoms with Crippen molar-refractivity contribution in [2.75, 3.05) is 19.8 Å². The molecule has 2 amide bonds. The third kappa shape index (κ3) is 6.68. The second-order valence-corrected chi connectivity index (χ2v) is 8.93. The van der Waals surface area contributed by atoms with Gasteiger partial charge in [-0.2, -0.15) is 0 Å². The molecule has 0 aromatic heterocycles. The van der Waals surface area contributed by atoms with Crippen LogP contribution in [-0.4, -0.2) is 54.5 Å². The Morgan fingerprint density at radius 1 is 1.03 bits per heavy atom. The number of benzene rings is 2. The minimum Gasteiger partial charge on any atom is -0.478 e. The van der Waals surface area contributed by atoms with E-state index >= 15 is 0 Å². The number of alkyl carbamates (subject to hydrolysis) is 1. The fourth-order valence-corrected chi connectivity index (χ4v) is 3.74. The number of hydrogen-bond donors (Lipinski definition) is 3. The standard InChI is InChI=1S/C26H30N2O6/c1-26(2,3)34-16-22(24(31)27-14-8-13-23(29)30)28-25(32)33-15-21-19-11-6-4-9-17(19)18-10-5-7-12-20(18)21/h4-13,21-22H,14-16H2,1-3H3,(H,27,31)(H,28,32)(H,29,30)/b13-8+/t22-/m0/s1. The Balaban J connectivity index is 1.63. The summed E-state index contributed by atoms with van der Waals surface area (Å²) in [6, 6.07) is 15.0. The number of carbonyl (C=O) groups is 3. The van der Waals surface area contributed by atoms with Gasteiger partial charge in [-0.3, -0.25) is 4.79 Å². The van der Waals surface area contributed by atoms with Crippen LogP contribution in [0.25, 0.3) is 11.1 Å². The molecular weight excluding hydrogens is 436 g/mol. The van der Waals surface area contributed by atoms with Crippen LogP contribution < -0.4 is 10.6 Å². The second-order valence-electron chi connectivity index (χ2n) is 8.93. The molecule has 0 unspecified atom stereocenters. The summed E-state index contributed by atoms with van der Waals surface area (Å²) in [6.07, 6.45) is 1.50. The van der Waals surface area contributed by atoms with Crippen molar-refractivity contribution in [2.45, 2.75) is 38.3 Å². The highest BCUT2D eigenvalue weighted by Crippen LogP contribution is 2.44. The van der Waals surface area contributed by atoms with E-state index in [9.17, 15) is 14.4 Å². The number of carboxylic acids is 1. The van der Waals surface area contributed by atoms with E-state index in [1.807, 2.05) is 57.2 Å². The van der Waals surface area contributed by atoms with Gasteiger partial charge in [0.25, 0.3) is 0 Å². The normalized spacial score (nSPS) is 13.7. The molecule has 0 radical (unpaired) electrons. The molecule has 0 saturated carbocycles. The Labute approximate surface area is 199 Å².